The van der Waals surface area contributed by atoms with Crippen LogP contribution in [0.2, 0.25) is 0 Å². The average molecular weight is 192 g/mol. The van der Waals surface area contributed by atoms with Crippen LogP contribution in [0.1, 0.15) is 38.5 Å². The molecule has 0 aromatic rings. The number of hydrogen-bond acceptors (Lipinski definition) is 3. The Labute approximate surface area is 77.3 Å². The van der Waals surface area contributed by atoms with Crippen molar-refractivity contribution in [2.24, 2.45) is 0 Å². The maximum atomic E-state index is 5.35. The van der Waals surface area contributed by atoms with Crippen LogP contribution >= 0.6 is 21.9 Å². The van der Waals surface area contributed by atoms with E-state index in [1.165, 1.54) is 44.3 Å². The topological polar surface area (TPSA) is 9.23 Å². The first-order valence-corrected chi connectivity index (χ1v) is 6.65. The van der Waals surface area contributed by atoms with Gasteiger partial charge in [0.25, 0.3) is 0 Å². The summed E-state index contributed by atoms with van der Waals surface area (Å²) in [7, 11) is 1.86. The largest absolute Gasteiger partial charge is 0.305 e. The lowest BCUT2D eigenvalue weighted by Crippen LogP contribution is -1.85. The highest BCUT2D eigenvalue weighted by Crippen LogP contribution is 2.25. The van der Waals surface area contributed by atoms with E-state index in [-0.39, 0.29) is 0 Å². The maximum absolute atomic E-state index is 5.35. The smallest absolute Gasteiger partial charge is 0.0624 e. The molecule has 1 aliphatic rings. The Morgan fingerprint density at radius 3 is 2.45 bits per heavy atom. The first-order chi connectivity index (χ1) is 5.50. The summed E-state index contributed by atoms with van der Waals surface area (Å²) in [4.78, 5) is 0. The molecule has 0 atom stereocenters. The number of rotatable bonds is 0. The number of hydrogen-bond donors (Lipinski definition) is 0. The minimum Gasteiger partial charge on any atom is -0.305 e. The van der Waals surface area contributed by atoms with Crippen LogP contribution in [0.25, 0.3) is 0 Å². The van der Waals surface area contributed by atoms with E-state index in [0.717, 1.165) is 6.61 Å². The van der Waals surface area contributed by atoms with Crippen molar-refractivity contribution in [3.05, 3.63) is 0 Å². The highest BCUT2D eigenvalue weighted by atomic mass is 33.1. The minimum absolute atomic E-state index is 0.942. The molecule has 1 nitrogen and oxygen atoms in total. The highest BCUT2D eigenvalue weighted by Gasteiger charge is 1.96. The van der Waals surface area contributed by atoms with Gasteiger partial charge < -0.3 is 4.18 Å². The molecule has 66 valence electrons. The molecule has 0 unspecified atom stereocenters. The highest BCUT2D eigenvalue weighted by molar-refractivity contribution is 8.74. The quantitative estimate of drug-likeness (QED) is 0.428. The van der Waals surface area contributed by atoms with Gasteiger partial charge in [0, 0.05) is 5.75 Å². The fourth-order valence-electron chi connectivity index (χ4n) is 1.13. The molecule has 11 heavy (non-hydrogen) atoms. The second kappa shape index (κ2) is 7.32. The summed E-state index contributed by atoms with van der Waals surface area (Å²) in [6, 6.07) is 0. The lowest BCUT2D eigenvalue weighted by Gasteiger charge is -1.98. The van der Waals surface area contributed by atoms with E-state index in [4.69, 9.17) is 4.18 Å². The summed E-state index contributed by atoms with van der Waals surface area (Å²) in [6.07, 6.45) is 8.19. The molecule has 3 heteroatoms. The standard InChI is InChI=1S/C8H16OS2/c1-2-4-6-8-10-11-9-7-5-3-1/h1-8H2. The van der Waals surface area contributed by atoms with E-state index in [1.54, 1.807) is 11.1 Å². The molecule has 1 rings (SSSR count). The SMILES string of the molecule is C1CCCCSSOCCC1. The summed E-state index contributed by atoms with van der Waals surface area (Å²) >= 11 is 1.58. The van der Waals surface area contributed by atoms with Crippen LogP contribution in [0.15, 0.2) is 0 Å². The van der Waals surface area contributed by atoms with Crippen molar-refractivity contribution >= 4 is 21.9 Å². The molecule has 0 spiro atoms. The van der Waals surface area contributed by atoms with Gasteiger partial charge in [-0.2, -0.15) is 0 Å². The third-order valence-corrected chi connectivity index (χ3v) is 3.69. The van der Waals surface area contributed by atoms with Gasteiger partial charge in [-0.3, -0.25) is 0 Å². The summed E-state index contributed by atoms with van der Waals surface area (Å²) < 4.78 is 5.35. The molecule has 1 fully saturated rings. The van der Waals surface area contributed by atoms with Gasteiger partial charge in [-0.25, -0.2) is 0 Å². The fourth-order valence-corrected chi connectivity index (χ4v) is 2.74. The van der Waals surface area contributed by atoms with Gasteiger partial charge >= 0.3 is 0 Å². The van der Waals surface area contributed by atoms with Crippen molar-refractivity contribution in [1.82, 2.24) is 0 Å². The van der Waals surface area contributed by atoms with E-state index in [0.29, 0.717) is 0 Å². The molecule has 0 aliphatic carbocycles. The Morgan fingerprint density at radius 1 is 0.818 bits per heavy atom. The van der Waals surface area contributed by atoms with Gasteiger partial charge in [-0.15, -0.1) is 0 Å². The van der Waals surface area contributed by atoms with Crippen LogP contribution in [0.4, 0.5) is 0 Å². The summed E-state index contributed by atoms with van der Waals surface area (Å²) in [5.41, 5.74) is 0. The predicted octanol–water partition coefficient (Wildman–Crippen LogP) is 3.65. The van der Waals surface area contributed by atoms with Gasteiger partial charge in [0.05, 0.1) is 17.7 Å². The molecular weight excluding hydrogens is 176 g/mol. The summed E-state index contributed by atoms with van der Waals surface area (Å²) in [5.74, 6) is 1.25. The summed E-state index contributed by atoms with van der Waals surface area (Å²) in [5, 5.41) is 0. The lowest BCUT2D eigenvalue weighted by atomic mass is 10.1. The molecule has 0 N–H and O–H groups in total. The van der Waals surface area contributed by atoms with Crippen molar-refractivity contribution in [1.29, 1.82) is 0 Å². The lowest BCUT2D eigenvalue weighted by molar-refractivity contribution is 0.360. The van der Waals surface area contributed by atoms with Crippen molar-refractivity contribution in [3.63, 3.8) is 0 Å². The minimum atomic E-state index is 0.942. The normalized spacial score (nSPS) is 24.0. The zero-order valence-electron chi connectivity index (χ0n) is 6.88. The van der Waals surface area contributed by atoms with Crippen LogP contribution in [-0.2, 0) is 4.18 Å². The van der Waals surface area contributed by atoms with Gasteiger partial charge in [-0.05, 0) is 12.8 Å². The van der Waals surface area contributed by atoms with Crippen LogP contribution in [0.3, 0.4) is 0 Å². The molecule has 0 amide bonds. The first-order valence-electron chi connectivity index (χ1n) is 4.41. The fraction of sp³-hybridized carbons (Fsp3) is 1.00. The Morgan fingerprint density at radius 2 is 1.55 bits per heavy atom. The zero-order chi connectivity index (χ0) is 7.78. The monoisotopic (exact) mass is 192 g/mol. The molecular formula is C8H16OS2. The van der Waals surface area contributed by atoms with Gasteiger partial charge in [0.15, 0.2) is 0 Å². The predicted molar refractivity (Wildman–Crippen MR) is 53.7 cm³/mol. The maximum Gasteiger partial charge on any atom is 0.0624 e. The van der Waals surface area contributed by atoms with E-state index in [2.05, 4.69) is 0 Å². The summed E-state index contributed by atoms with van der Waals surface area (Å²) in [6.45, 7) is 0.942. The van der Waals surface area contributed by atoms with Gasteiger partial charge in [-0.1, -0.05) is 36.5 Å². The van der Waals surface area contributed by atoms with Crippen molar-refractivity contribution < 1.29 is 4.18 Å². The molecule has 0 aromatic carbocycles. The van der Waals surface area contributed by atoms with Crippen molar-refractivity contribution in [3.8, 4) is 0 Å². The van der Waals surface area contributed by atoms with Crippen molar-refractivity contribution in [2.45, 2.75) is 38.5 Å². The van der Waals surface area contributed by atoms with E-state index in [1.807, 2.05) is 10.8 Å². The van der Waals surface area contributed by atoms with Crippen molar-refractivity contribution in [2.75, 3.05) is 12.4 Å². The van der Waals surface area contributed by atoms with Gasteiger partial charge in [0.2, 0.25) is 0 Å². The van der Waals surface area contributed by atoms with E-state index >= 15 is 0 Å². The third kappa shape index (κ3) is 5.88. The van der Waals surface area contributed by atoms with E-state index < -0.39 is 0 Å². The molecule has 1 saturated heterocycles. The molecule has 1 aliphatic heterocycles. The first kappa shape index (κ1) is 9.75. The Bertz CT molecular complexity index is 50.1. The molecule has 1 heterocycles. The Balaban J connectivity index is 2.02. The zero-order valence-corrected chi connectivity index (χ0v) is 8.51. The van der Waals surface area contributed by atoms with Crippen LogP contribution in [0, 0.1) is 0 Å². The van der Waals surface area contributed by atoms with Crippen LogP contribution < -0.4 is 0 Å². The van der Waals surface area contributed by atoms with Crippen LogP contribution in [-0.4, -0.2) is 12.4 Å². The third-order valence-electron chi connectivity index (χ3n) is 1.80. The molecule has 0 radical (unpaired) electrons. The van der Waals surface area contributed by atoms with E-state index in [9.17, 15) is 0 Å². The molecule has 0 saturated carbocycles. The second-order valence-corrected chi connectivity index (χ2v) is 4.96. The molecule has 0 bridgehead atoms. The second-order valence-electron chi connectivity index (χ2n) is 2.83. The Hall–Kier alpha value is 0.660. The van der Waals surface area contributed by atoms with Gasteiger partial charge in [0.1, 0.15) is 0 Å². The Kier molecular flexibility index (Phi) is 6.48. The molecule has 0 aromatic heterocycles. The average Bonchev–Trinajstić information content (AvgIpc) is 2.08. The van der Waals surface area contributed by atoms with Crippen LogP contribution in [0.5, 0.6) is 0 Å².